The Balaban J connectivity index is 2.09. The SMILES string of the molecule is CN(CC1(O)CCCC1)C(=O)c1sccc1/C=C/C(=O)O. The lowest BCUT2D eigenvalue weighted by molar-refractivity contribution is -0.131. The zero-order valence-electron chi connectivity index (χ0n) is 11.9. The molecule has 0 unspecified atom stereocenters. The van der Waals surface area contributed by atoms with Gasteiger partial charge in [-0.1, -0.05) is 12.8 Å². The van der Waals surface area contributed by atoms with Crippen LogP contribution in [0.25, 0.3) is 6.08 Å². The molecule has 2 rings (SSSR count). The molecule has 0 saturated heterocycles. The summed E-state index contributed by atoms with van der Waals surface area (Å²) in [7, 11) is 1.67. The highest BCUT2D eigenvalue weighted by Gasteiger charge is 2.34. The van der Waals surface area contributed by atoms with Crippen molar-refractivity contribution in [1.29, 1.82) is 0 Å². The van der Waals surface area contributed by atoms with Gasteiger partial charge >= 0.3 is 5.97 Å². The van der Waals surface area contributed by atoms with E-state index in [2.05, 4.69) is 0 Å². The summed E-state index contributed by atoms with van der Waals surface area (Å²) in [4.78, 5) is 25.0. The molecule has 1 aliphatic rings. The summed E-state index contributed by atoms with van der Waals surface area (Å²) in [6.45, 7) is 0.311. The Morgan fingerprint density at radius 1 is 1.43 bits per heavy atom. The molecule has 2 N–H and O–H groups in total. The zero-order chi connectivity index (χ0) is 15.5. The third-order valence-corrected chi connectivity index (χ3v) is 4.63. The number of thiophene rings is 1. The van der Waals surface area contributed by atoms with Gasteiger partial charge in [-0.25, -0.2) is 4.79 Å². The highest BCUT2D eigenvalue weighted by Crippen LogP contribution is 2.30. The Morgan fingerprint density at radius 2 is 2.10 bits per heavy atom. The number of carboxylic acids is 1. The molecule has 6 heteroatoms. The van der Waals surface area contributed by atoms with E-state index in [0.717, 1.165) is 31.8 Å². The molecule has 1 aliphatic carbocycles. The van der Waals surface area contributed by atoms with Crippen LogP contribution < -0.4 is 0 Å². The van der Waals surface area contributed by atoms with Crippen molar-refractivity contribution in [3.05, 3.63) is 28.0 Å². The van der Waals surface area contributed by atoms with E-state index in [9.17, 15) is 14.7 Å². The molecule has 0 atom stereocenters. The maximum atomic E-state index is 12.4. The van der Waals surface area contributed by atoms with Crippen molar-refractivity contribution in [3.8, 4) is 0 Å². The highest BCUT2D eigenvalue weighted by molar-refractivity contribution is 7.12. The average Bonchev–Trinajstić information content (AvgIpc) is 3.04. The number of likely N-dealkylation sites (N-methyl/N-ethyl adjacent to an activating group) is 1. The maximum absolute atomic E-state index is 12.4. The fourth-order valence-corrected chi connectivity index (χ4v) is 3.54. The fraction of sp³-hybridized carbons (Fsp3) is 0.467. The van der Waals surface area contributed by atoms with Gasteiger partial charge in [0.05, 0.1) is 10.5 Å². The molecule has 114 valence electrons. The van der Waals surface area contributed by atoms with Crippen LogP contribution in [-0.4, -0.2) is 46.2 Å². The zero-order valence-corrected chi connectivity index (χ0v) is 12.7. The number of amides is 1. The van der Waals surface area contributed by atoms with E-state index >= 15 is 0 Å². The third kappa shape index (κ3) is 3.92. The van der Waals surface area contributed by atoms with Crippen LogP contribution in [-0.2, 0) is 4.79 Å². The molecule has 0 aliphatic heterocycles. The van der Waals surface area contributed by atoms with Crippen LogP contribution in [0.5, 0.6) is 0 Å². The minimum absolute atomic E-state index is 0.185. The second-order valence-electron chi connectivity index (χ2n) is 5.47. The van der Waals surface area contributed by atoms with Gasteiger partial charge in [-0.05, 0) is 35.9 Å². The summed E-state index contributed by atoms with van der Waals surface area (Å²) in [5.74, 6) is -1.23. The highest BCUT2D eigenvalue weighted by atomic mass is 32.1. The van der Waals surface area contributed by atoms with Crippen molar-refractivity contribution < 1.29 is 19.8 Å². The van der Waals surface area contributed by atoms with Gasteiger partial charge in [-0.2, -0.15) is 0 Å². The lowest BCUT2D eigenvalue weighted by Crippen LogP contribution is -2.41. The topological polar surface area (TPSA) is 77.8 Å². The van der Waals surface area contributed by atoms with Crippen LogP contribution >= 0.6 is 11.3 Å². The van der Waals surface area contributed by atoms with E-state index < -0.39 is 11.6 Å². The molecular weight excluding hydrogens is 290 g/mol. The number of hydrogen-bond donors (Lipinski definition) is 2. The summed E-state index contributed by atoms with van der Waals surface area (Å²) in [5.41, 5.74) is -0.184. The Bertz CT molecular complexity index is 558. The van der Waals surface area contributed by atoms with Crippen LogP contribution in [0, 0.1) is 0 Å². The van der Waals surface area contributed by atoms with Gasteiger partial charge in [0.15, 0.2) is 0 Å². The molecule has 0 bridgehead atoms. The molecule has 1 aromatic heterocycles. The molecule has 1 amide bonds. The molecule has 1 fully saturated rings. The quantitative estimate of drug-likeness (QED) is 0.818. The van der Waals surface area contributed by atoms with Crippen molar-refractivity contribution in [2.75, 3.05) is 13.6 Å². The number of carbonyl (C=O) groups is 2. The normalized spacial score (nSPS) is 17.2. The standard InChI is InChI=1S/C15H19NO4S/c1-16(10-15(20)7-2-3-8-15)14(19)13-11(6-9-21-13)4-5-12(17)18/h4-6,9,20H,2-3,7-8,10H2,1H3,(H,17,18)/b5-4+. The first-order chi connectivity index (χ1) is 9.91. The molecule has 21 heavy (non-hydrogen) atoms. The molecule has 0 spiro atoms. The van der Waals surface area contributed by atoms with Crippen molar-refractivity contribution in [2.24, 2.45) is 0 Å². The van der Waals surface area contributed by atoms with Crippen LogP contribution in [0.1, 0.15) is 40.9 Å². The largest absolute Gasteiger partial charge is 0.478 e. The van der Waals surface area contributed by atoms with Crippen molar-refractivity contribution in [1.82, 2.24) is 4.90 Å². The Morgan fingerprint density at radius 3 is 2.71 bits per heavy atom. The van der Waals surface area contributed by atoms with Crippen molar-refractivity contribution >= 4 is 29.3 Å². The molecule has 1 aromatic rings. The first kappa shape index (κ1) is 15.7. The van der Waals surface area contributed by atoms with Gasteiger partial charge in [0.25, 0.3) is 5.91 Å². The predicted molar refractivity (Wildman–Crippen MR) is 81.4 cm³/mol. The number of carboxylic acid groups (broad SMARTS) is 1. The minimum atomic E-state index is -1.05. The summed E-state index contributed by atoms with van der Waals surface area (Å²) in [6, 6.07) is 1.72. The summed E-state index contributed by atoms with van der Waals surface area (Å²) < 4.78 is 0. The Hall–Kier alpha value is -1.66. The van der Waals surface area contributed by atoms with E-state index in [-0.39, 0.29) is 5.91 Å². The second kappa shape index (κ2) is 6.41. The van der Waals surface area contributed by atoms with Gasteiger partial charge in [0.2, 0.25) is 0 Å². The van der Waals surface area contributed by atoms with Gasteiger partial charge < -0.3 is 15.1 Å². The smallest absolute Gasteiger partial charge is 0.328 e. The summed E-state index contributed by atoms with van der Waals surface area (Å²) in [5, 5.41) is 20.8. The first-order valence-electron chi connectivity index (χ1n) is 6.88. The predicted octanol–water partition coefficient (Wildman–Crippen LogP) is 2.22. The number of nitrogens with zero attached hydrogens (tertiary/aromatic N) is 1. The van der Waals surface area contributed by atoms with E-state index in [0.29, 0.717) is 17.0 Å². The monoisotopic (exact) mass is 309 g/mol. The molecule has 1 heterocycles. The second-order valence-corrected chi connectivity index (χ2v) is 6.39. The van der Waals surface area contributed by atoms with Crippen LogP contribution in [0.3, 0.4) is 0 Å². The van der Waals surface area contributed by atoms with Gasteiger partial charge in [0, 0.05) is 19.7 Å². The van der Waals surface area contributed by atoms with Gasteiger partial charge in [0.1, 0.15) is 0 Å². The lowest BCUT2D eigenvalue weighted by atomic mass is 10.0. The van der Waals surface area contributed by atoms with E-state index in [4.69, 9.17) is 5.11 Å². The Kier molecular flexibility index (Phi) is 4.80. The van der Waals surface area contributed by atoms with E-state index in [1.54, 1.807) is 18.5 Å². The van der Waals surface area contributed by atoms with Gasteiger partial charge in [-0.3, -0.25) is 4.79 Å². The van der Waals surface area contributed by atoms with Gasteiger partial charge in [-0.15, -0.1) is 11.3 Å². The molecule has 5 nitrogen and oxygen atoms in total. The molecule has 0 aromatic carbocycles. The minimum Gasteiger partial charge on any atom is -0.478 e. The summed E-state index contributed by atoms with van der Waals surface area (Å²) >= 11 is 1.28. The third-order valence-electron chi connectivity index (χ3n) is 3.71. The molecular formula is C15H19NO4S. The Labute approximate surface area is 127 Å². The molecule has 1 saturated carbocycles. The van der Waals surface area contributed by atoms with E-state index in [1.807, 2.05) is 0 Å². The summed E-state index contributed by atoms with van der Waals surface area (Å²) in [6.07, 6.45) is 5.86. The number of hydrogen-bond acceptors (Lipinski definition) is 4. The van der Waals surface area contributed by atoms with Crippen LogP contribution in [0.2, 0.25) is 0 Å². The van der Waals surface area contributed by atoms with E-state index in [1.165, 1.54) is 22.3 Å². The fourth-order valence-electron chi connectivity index (χ4n) is 2.66. The average molecular weight is 309 g/mol. The van der Waals surface area contributed by atoms with Crippen LogP contribution in [0.4, 0.5) is 0 Å². The van der Waals surface area contributed by atoms with Crippen LogP contribution in [0.15, 0.2) is 17.5 Å². The van der Waals surface area contributed by atoms with Crippen molar-refractivity contribution in [3.63, 3.8) is 0 Å². The maximum Gasteiger partial charge on any atom is 0.328 e. The molecule has 0 radical (unpaired) electrons. The lowest BCUT2D eigenvalue weighted by Gasteiger charge is -2.28. The number of rotatable bonds is 5. The van der Waals surface area contributed by atoms with Crippen molar-refractivity contribution in [2.45, 2.75) is 31.3 Å². The number of carbonyl (C=O) groups excluding carboxylic acids is 1. The first-order valence-corrected chi connectivity index (χ1v) is 7.76. The number of aliphatic carboxylic acids is 1. The number of aliphatic hydroxyl groups is 1.